The quantitative estimate of drug-likeness (QED) is 0.289. The maximum absolute atomic E-state index is 12.5. The van der Waals surface area contributed by atoms with E-state index < -0.39 is 41.7 Å². The van der Waals surface area contributed by atoms with Crippen LogP contribution in [0.5, 0.6) is 5.75 Å². The molecule has 1 atom stereocenters. The summed E-state index contributed by atoms with van der Waals surface area (Å²) in [5.74, 6) is 0.137. The molecule has 4 aromatic rings. The van der Waals surface area contributed by atoms with Crippen LogP contribution in [0, 0.1) is 16.7 Å². The molecule has 1 heterocycles. The van der Waals surface area contributed by atoms with E-state index in [9.17, 15) is 21.6 Å². The van der Waals surface area contributed by atoms with Gasteiger partial charge in [0.15, 0.2) is 0 Å². The molecule has 2 N–H and O–H groups in total. The third-order valence-corrected chi connectivity index (χ3v) is 7.45. The SMILES string of the molecule is CC(C)(C#N)C(=O)C(Oc1ccc(Cl)cc1)n1ccnc1.O=S(=O)(O)c1cccc2c(S(=O)(=O)O)cccc12. The minimum atomic E-state index is -4.47. The van der Waals surface area contributed by atoms with Gasteiger partial charge in [0, 0.05) is 28.2 Å². The van der Waals surface area contributed by atoms with E-state index in [0.29, 0.717) is 10.8 Å². The third-order valence-electron chi connectivity index (χ3n) is 5.37. The third kappa shape index (κ3) is 7.20. The zero-order valence-electron chi connectivity index (χ0n) is 20.5. The smallest absolute Gasteiger partial charge is 0.295 e. The van der Waals surface area contributed by atoms with Gasteiger partial charge in [-0.2, -0.15) is 22.1 Å². The summed E-state index contributed by atoms with van der Waals surface area (Å²) in [5, 5.41) is 9.77. The summed E-state index contributed by atoms with van der Waals surface area (Å²) in [4.78, 5) is 15.6. The van der Waals surface area contributed by atoms with Crippen LogP contribution in [0.1, 0.15) is 20.1 Å². The summed E-state index contributed by atoms with van der Waals surface area (Å²) in [5.41, 5.74) is -1.17. The standard InChI is InChI=1S/C15H14ClN3O2.C10H8O6S2/c1-15(2,9-17)13(20)14(19-8-7-18-10-19)21-12-5-3-11(16)4-6-12;11-17(12,13)9-5-1-3-7-8(9)4-2-6-10(7)18(14,15)16/h3-8,10,14H,1-2H3;1-6H,(H,11,12,13)(H,14,15,16). The molecular formula is C25H22ClN3O8S2. The van der Waals surface area contributed by atoms with Crippen LogP contribution in [-0.2, 0) is 25.0 Å². The average Bonchev–Trinajstić information content (AvgIpc) is 3.41. The molecule has 0 aliphatic heterocycles. The predicted octanol–water partition coefficient (Wildman–Crippen LogP) is 4.57. The van der Waals surface area contributed by atoms with Gasteiger partial charge in [-0.15, -0.1) is 0 Å². The van der Waals surface area contributed by atoms with Crippen LogP contribution in [0.3, 0.4) is 0 Å². The summed E-state index contributed by atoms with van der Waals surface area (Å²) in [6.45, 7) is 3.12. The van der Waals surface area contributed by atoms with Crippen molar-refractivity contribution < 1.29 is 35.5 Å². The van der Waals surface area contributed by atoms with Crippen molar-refractivity contribution >= 4 is 48.4 Å². The van der Waals surface area contributed by atoms with Gasteiger partial charge in [-0.05, 0) is 50.2 Å². The fourth-order valence-corrected chi connectivity index (χ4v) is 4.90. The zero-order chi connectivity index (χ0) is 29.0. The van der Waals surface area contributed by atoms with Crippen molar-refractivity contribution in [2.75, 3.05) is 0 Å². The highest BCUT2D eigenvalue weighted by atomic mass is 35.5. The van der Waals surface area contributed by atoms with Crippen LogP contribution in [0.2, 0.25) is 5.02 Å². The van der Waals surface area contributed by atoms with Crippen LogP contribution >= 0.6 is 11.6 Å². The molecule has 0 aliphatic carbocycles. The second kappa shape index (κ2) is 11.5. The van der Waals surface area contributed by atoms with Gasteiger partial charge in [-0.25, -0.2) is 4.98 Å². The molecule has 0 bridgehead atoms. The highest BCUT2D eigenvalue weighted by Gasteiger charge is 2.36. The summed E-state index contributed by atoms with van der Waals surface area (Å²) >= 11 is 5.82. The highest BCUT2D eigenvalue weighted by Crippen LogP contribution is 2.29. The van der Waals surface area contributed by atoms with Crippen LogP contribution < -0.4 is 4.74 Å². The van der Waals surface area contributed by atoms with E-state index >= 15 is 0 Å². The minimum absolute atomic E-state index is 0.0233. The molecule has 4 rings (SSSR count). The molecule has 3 aromatic carbocycles. The number of benzene rings is 3. The molecule has 0 amide bonds. The lowest BCUT2D eigenvalue weighted by atomic mass is 9.89. The average molecular weight is 592 g/mol. The molecule has 0 radical (unpaired) electrons. The van der Waals surface area contributed by atoms with Crippen LogP contribution in [-0.4, -0.2) is 41.3 Å². The summed E-state index contributed by atoms with van der Waals surface area (Å²) in [6.07, 6.45) is 3.69. The molecule has 0 saturated carbocycles. The minimum Gasteiger partial charge on any atom is -0.463 e. The lowest BCUT2D eigenvalue weighted by Crippen LogP contribution is -2.34. The summed E-state index contributed by atoms with van der Waals surface area (Å²) in [7, 11) is -8.94. The Labute approximate surface area is 229 Å². The molecule has 14 heteroatoms. The van der Waals surface area contributed by atoms with Gasteiger partial charge in [0.05, 0.1) is 12.4 Å². The van der Waals surface area contributed by atoms with Crippen molar-refractivity contribution in [2.45, 2.75) is 29.9 Å². The van der Waals surface area contributed by atoms with Gasteiger partial charge in [0.2, 0.25) is 12.0 Å². The monoisotopic (exact) mass is 591 g/mol. The van der Waals surface area contributed by atoms with Crippen molar-refractivity contribution in [1.29, 1.82) is 5.26 Å². The second-order valence-electron chi connectivity index (χ2n) is 8.59. The number of ketones is 1. The Kier molecular flexibility index (Phi) is 8.79. The summed E-state index contributed by atoms with van der Waals surface area (Å²) in [6, 6.07) is 16.2. The first-order chi connectivity index (χ1) is 18.1. The normalized spacial score (nSPS) is 12.6. The first kappa shape index (κ1) is 29.8. The Morgan fingerprint density at radius 1 is 0.974 bits per heavy atom. The molecule has 0 fully saturated rings. The number of rotatable bonds is 7. The predicted molar refractivity (Wildman–Crippen MR) is 141 cm³/mol. The number of hydrogen-bond donors (Lipinski definition) is 2. The Morgan fingerprint density at radius 2 is 1.49 bits per heavy atom. The lowest BCUT2D eigenvalue weighted by Gasteiger charge is -2.24. The fourth-order valence-electron chi connectivity index (χ4n) is 3.37. The first-order valence-corrected chi connectivity index (χ1v) is 14.2. The van der Waals surface area contributed by atoms with E-state index in [2.05, 4.69) is 4.98 Å². The lowest BCUT2D eigenvalue weighted by molar-refractivity contribution is -0.135. The first-order valence-electron chi connectivity index (χ1n) is 11.0. The number of Topliss-reactive ketones (excluding diaryl/α,β-unsaturated/α-hetero) is 1. The summed E-state index contributed by atoms with van der Waals surface area (Å²) < 4.78 is 69.9. The molecular weight excluding hydrogens is 570 g/mol. The molecule has 1 aromatic heterocycles. The molecule has 1 unspecified atom stereocenters. The number of fused-ring (bicyclic) bond motifs is 1. The van der Waals surface area contributed by atoms with E-state index in [4.69, 9.17) is 30.7 Å². The molecule has 11 nitrogen and oxygen atoms in total. The Morgan fingerprint density at radius 3 is 1.90 bits per heavy atom. The van der Waals surface area contributed by atoms with Gasteiger partial charge in [0.25, 0.3) is 20.2 Å². The van der Waals surface area contributed by atoms with Crippen molar-refractivity contribution in [1.82, 2.24) is 9.55 Å². The van der Waals surface area contributed by atoms with E-state index in [1.807, 2.05) is 6.07 Å². The van der Waals surface area contributed by atoms with Gasteiger partial charge < -0.3 is 4.74 Å². The van der Waals surface area contributed by atoms with Crippen LogP contribution in [0.15, 0.2) is 89.2 Å². The molecule has 0 spiro atoms. The number of hydrogen-bond acceptors (Lipinski definition) is 8. The number of ether oxygens (including phenoxy) is 1. The van der Waals surface area contributed by atoms with E-state index in [1.165, 1.54) is 35.2 Å². The van der Waals surface area contributed by atoms with Crippen molar-refractivity contribution in [3.8, 4) is 11.8 Å². The fraction of sp³-hybridized carbons (Fsp3) is 0.160. The molecule has 0 aliphatic rings. The van der Waals surface area contributed by atoms with E-state index in [-0.39, 0.29) is 16.6 Å². The Bertz CT molecular complexity index is 1680. The Hall–Kier alpha value is -3.80. The number of carbonyl (C=O) groups excluding carboxylic acids is 1. The number of halogens is 1. The number of nitrogens with zero attached hydrogens (tertiary/aromatic N) is 3. The van der Waals surface area contributed by atoms with E-state index in [0.717, 1.165) is 12.1 Å². The number of nitriles is 1. The topological polar surface area (TPSA) is 177 Å². The molecule has 39 heavy (non-hydrogen) atoms. The number of carbonyl (C=O) groups is 1. The van der Waals surface area contributed by atoms with E-state index in [1.54, 1.807) is 50.5 Å². The van der Waals surface area contributed by atoms with Crippen LogP contribution in [0.25, 0.3) is 10.8 Å². The number of aromatic nitrogens is 2. The van der Waals surface area contributed by atoms with Crippen LogP contribution in [0.4, 0.5) is 0 Å². The van der Waals surface area contributed by atoms with Gasteiger partial charge in [-0.3, -0.25) is 18.5 Å². The molecule has 0 saturated heterocycles. The maximum atomic E-state index is 12.5. The van der Waals surface area contributed by atoms with Crippen molar-refractivity contribution in [3.63, 3.8) is 0 Å². The van der Waals surface area contributed by atoms with Gasteiger partial charge >= 0.3 is 0 Å². The van der Waals surface area contributed by atoms with Gasteiger partial charge in [0.1, 0.15) is 21.0 Å². The van der Waals surface area contributed by atoms with Crippen molar-refractivity contribution in [3.05, 3.63) is 84.4 Å². The van der Waals surface area contributed by atoms with Gasteiger partial charge in [-0.1, -0.05) is 35.9 Å². The maximum Gasteiger partial charge on any atom is 0.295 e. The largest absolute Gasteiger partial charge is 0.463 e. The Balaban J connectivity index is 0.000000218. The zero-order valence-corrected chi connectivity index (χ0v) is 22.9. The van der Waals surface area contributed by atoms with Crippen molar-refractivity contribution in [2.24, 2.45) is 5.41 Å². The highest BCUT2D eigenvalue weighted by molar-refractivity contribution is 7.86. The molecule has 204 valence electrons. The second-order valence-corrected chi connectivity index (χ2v) is 11.8. The number of imidazole rings is 1.